The van der Waals surface area contributed by atoms with Crippen molar-refractivity contribution in [2.45, 2.75) is 12.7 Å². The van der Waals surface area contributed by atoms with Crippen LogP contribution in [0.5, 0.6) is 0 Å². The summed E-state index contributed by atoms with van der Waals surface area (Å²) in [6.07, 6.45) is 2.99. The van der Waals surface area contributed by atoms with Gasteiger partial charge in [-0.2, -0.15) is 10.1 Å². The van der Waals surface area contributed by atoms with Crippen LogP contribution >= 0.6 is 0 Å². The minimum absolute atomic E-state index is 0.0138. The van der Waals surface area contributed by atoms with Gasteiger partial charge in [0.2, 0.25) is 5.95 Å². The van der Waals surface area contributed by atoms with E-state index in [1.165, 1.54) is 6.26 Å². The highest BCUT2D eigenvalue weighted by Crippen LogP contribution is 2.30. The molecule has 4 rings (SSSR count). The molecule has 2 heterocycles. The first kappa shape index (κ1) is 20.8. The smallest absolute Gasteiger partial charge is 0.229 e. The zero-order valence-electron chi connectivity index (χ0n) is 17.8. The van der Waals surface area contributed by atoms with Gasteiger partial charge in [0.25, 0.3) is 0 Å². The van der Waals surface area contributed by atoms with Gasteiger partial charge < -0.3 is 10.6 Å². The van der Waals surface area contributed by atoms with Crippen molar-refractivity contribution in [2.24, 2.45) is 7.05 Å². The summed E-state index contributed by atoms with van der Waals surface area (Å²) in [5.74, 6) is 1.09. The van der Waals surface area contributed by atoms with Crippen molar-refractivity contribution in [3.05, 3.63) is 59.9 Å². The fourth-order valence-corrected chi connectivity index (χ4v) is 4.41. The molecule has 0 saturated heterocycles. The van der Waals surface area contributed by atoms with Crippen molar-refractivity contribution in [3.8, 4) is 11.1 Å². The summed E-state index contributed by atoms with van der Waals surface area (Å²) in [7, 11) is 0.638. The first-order valence-electron chi connectivity index (χ1n) is 9.76. The van der Waals surface area contributed by atoms with E-state index in [9.17, 15) is 8.42 Å². The van der Waals surface area contributed by atoms with Gasteiger partial charge in [-0.3, -0.25) is 4.68 Å². The van der Waals surface area contributed by atoms with E-state index >= 15 is 0 Å². The summed E-state index contributed by atoms with van der Waals surface area (Å²) in [5.41, 5.74) is 5.33. The second kappa shape index (κ2) is 7.99. The second-order valence-electron chi connectivity index (χ2n) is 7.54. The largest absolute Gasteiger partial charge is 0.372 e. The zero-order valence-corrected chi connectivity index (χ0v) is 18.7. The topological polar surface area (TPSA) is 102 Å². The van der Waals surface area contributed by atoms with Crippen molar-refractivity contribution in [3.63, 3.8) is 0 Å². The molecule has 0 aliphatic rings. The van der Waals surface area contributed by atoms with Gasteiger partial charge in [0.1, 0.15) is 5.82 Å². The SMILES string of the molecule is CNc1nc(Nc2cccc(CS(C)(=O)=O)c2)ncc1-c1ccc2c(C)nn(C)c2c1. The first-order chi connectivity index (χ1) is 14.7. The molecule has 4 aromatic rings. The maximum absolute atomic E-state index is 11.6. The average molecular weight is 437 g/mol. The maximum atomic E-state index is 11.6. The van der Waals surface area contributed by atoms with Gasteiger partial charge in [-0.15, -0.1) is 0 Å². The number of rotatable bonds is 6. The summed E-state index contributed by atoms with van der Waals surface area (Å²) in [5, 5.41) is 11.9. The quantitative estimate of drug-likeness (QED) is 0.475. The minimum Gasteiger partial charge on any atom is -0.372 e. The van der Waals surface area contributed by atoms with E-state index in [-0.39, 0.29) is 5.75 Å². The first-order valence-corrected chi connectivity index (χ1v) is 11.8. The van der Waals surface area contributed by atoms with E-state index in [0.717, 1.165) is 33.4 Å². The Morgan fingerprint density at radius 3 is 2.68 bits per heavy atom. The van der Waals surface area contributed by atoms with Crippen molar-refractivity contribution in [1.29, 1.82) is 0 Å². The lowest BCUT2D eigenvalue weighted by molar-refractivity contribution is 0.601. The maximum Gasteiger partial charge on any atom is 0.229 e. The normalized spacial score (nSPS) is 11.6. The van der Waals surface area contributed by atoms with Crippen molar-refractivity contribution >= 4 is 38.2 Å². The zero-order chi connectivity index (χ0) is 22.2. The molecule has 0 atom stereocenters. The Balaban J connectivity index is 1.65. The van der Waals surface area contributed by atoms with Gasteiger partial charge in [0, 0.05) is 43.2 Å². The molecule has 0 aliphatic heterocycles. The molecule has 0 spiro atoms. The lowest BCUT2D eigenvalue weighted by atomic mass is 10.1. The number of benzene rings is 2. The monoisotopic (exact) mass is 436 g/mol. The molecule has 0 radical (unpaired) electrons. The van der Waals surface area contributed by atoms with Crippen LogP contribution in [0.4, 0.5) is 17.5 Å². The summed E-state index contributed by atoms with van der Waals surface area (Å²) in [6, 6.07) is 13.4. The fraction of sp³-hybridized carbons (Fsp3) is 0.227. The van der Waals surface area contributed by atoms with Crippen LogP contribution in [0.3, 0.4) is 0 Å². The van der Waals surface area contributed by atoms with Gasteiger partial charge >= 0.3 is 0 Å². The standard InChI is InChI=1S/C22H24N6O2S/c1-14-18-9-8-16(11-20(18)28(3)27-14)19-12-24-22(26-21(19)23-2)25-17-7-5-6-15(10-17)13-31(4,29)30/h5-12H,13H2,1-4H3,(H2,23,24,25,26). The predicted molar refractivity (Wildman–Crippen MR) is 124 cm³/mol. The third-order valence-corrected chi connectivity index (χ3v) is 5.84. The number of anilines is 3. The van der Waals surface area contributed by atoms with Crippen molar-refractivity contribution in [1.82, 2.24) is 19.7 Å². The van der Waals surface area contributed by atoms with E-state index < -0.39 is 9.84 Å². The van der Waals surface area contributed by atoms with Crippen LogP contribution < -0.4 is 10.6 Å². The molecule has 9 heteroatoms. The average Bonchev–Trinajstić information content (AvgIpc) is 3.00. The van der Waals surface area contributed by atoms with E-state index in [1.807, 2.05) is 37.8 Å². The molecule has 2 aromatic carbocycles. The molecule has 31 heavy (non-hydrogen) atoms. The lowest BCUT2D eigenvalue weighted by Gasteiger charge is -2.12. The summed E-state index contributed by atoms with van der Waals surface area (Å²) in [4.78, 5) is 9.07. The summed E-state index contributed by atoms with van der Waals surface area (Å²) >= 11 is 0. The van der Waals surface area contributed by atoms with Crippen molar-refractivity contribution in [2.75, 3.05) is 23.9 Å². The molecule has 0 saturated carbocycles. The third kappa shape index (κ3) is 4.51. The molecule has 0 amide bonds. The van der Waals surface area contributed by atoms with Crippen LogP contribution in [-0.2, 0) is 22.6 Å². The Bertz CT molecular complexity index is 1380. The number of aromatic nitrogens is 4. The number of hydrogen-bond donors (Lipinski definition) is 2. The molecular weight excluding hydrogens is 412 g/mol. The Morgan fingerprint density at radius 1 is 1.13 bits per heavy atom. The number of sulfone groups is 1. The van der Waals surface area contributed by atoms with E-state index in [2.05, 4.69) is 37.8 Å². The van der Waals surface area contributed by atoms with E-state index in [0.29, 0.717) is 17.3 Å². The number of fused-ring (bicyclic) bond motifs is 1. The Kier molecular flexibility index (Phi) is 5.36. The van der Waals surface area contributed by atoms with E-state index in [1.54, 1.807) is 24.4 Å². The van der Waals surface area contributed by atoms with Crippen LogP contribution in [0, 0.1) is 6.92 Å². The third-order valence-electron chi connectivity index (χ3n) is 4.98. The van der Waals surface area contributed by atoms with Crippen LogP contribution in [0.2, 0.25) is 0 Å². The Labute approximate surface area is 181 Å². The number of hydrogen-bond acceptors (Lipinski definition) is 7. The number of nitrogens with zero attached hydrogens (tertiary/aromatic N) is 4. The Hall–Kier alpha value is -3.46. The Morgan fingerprint density at radius 2 is 1.94 bits per heavy atom. The molecule has 0 fully saturated rings. The number of aryl methyl sites for hydroxylation is 2. The van der Waals surface area contributed by atoms with Gasteiger partial charge in [0.05, 0.1) is 17.0 Å². The fourth-order valence-electron chi connectivity index (χ4n) is 3.62. The van der Waals surface area contributed by atoms with Crippen LogP contribution in [0.1, 0.15) is 11.3 Å². The highest BCUT2D eigenvalue weighted by Gasteiger charge is 2.12. The predicted octanol–water partition coefficient (Wildman–Crippen LogP) is 3.67. The molecule has 8 nitrogen and oxygen atoms in total. The van der Waals surface area contributed by atoms with Gasteiger partial charge in [0.15, 0.2) is 9.84 Å². The molecule has 160 valence electrons. The van der Waals surface area contributed by atoms with E-state index in [4.69, 9.17) is 0 Å². The molecule has 2 N–H and O–H groups in total. The molecule has 2 aromatic heterocycles. The number of nitrogens with one attached hydrogen (secondary N) is 2. The highest BCUT2D eigenvalue weighted by molar-refractivity contribution is 7.89. The minimum atomic E-state index is -3.11. The van der Waals surface area contributed by atoms with Crippen LogP contribution in [-0.4, -0.2) is 41.5 Å². The van der Waals surface area contributed by atoms with Gasteiger partial charge in [-0.1, -0.05) is 24.3 Å². The van der Waals surface area contributed by atoms with Crippen molar-refractivity contribution < 1.29 is 8.42 Å². The molecule has 0 unspecified atom stereocenters. The second-order valence-corrected chi connectivity index (χ2v) is 9.68. The van der Waals surface area contributed by atoms with Crippen LogP contribution in [0.25, 0.3) is 22.0 Å². The van der Waals surface area contributed by atoms with Gasteiger partial charge in [-0.05, 0) is 36.2 Å². The summed E-state index contributed by atoms with van der Waals surface area (Å²) in [6.45, 7) is 2.00. The lowest BCUT2D eigenvalue weighted by Crippen LogP contribution is -2.04. The summed E-state index contributed by atoms with van der Waals surface area (Å²) < 4.78 is 25.0. The van der Waals surface area contributed by atoms with Gasteiger partial charge in [-0.25, -0.2) is 13.4 Å². The molecule has 0 bridgehead atoms. The van der Waals surface area contributed by atoms with Crippen LogP contribution in [0.15, 0.2) is 48.7 Å². The molecular formula is C22H24N6O2S. The molecule has 0 aliphatic carbocycles. The highest BCUT2D eigenvalue weighted by atomic mass is 32.2.